The summed E-state index contributed by atoms with van der Waals surface area (Å²) in [6.45, 7) is 2.33. The van der Waals surface area contributed by atoms with Crippen molar-refractivity contribution in [2.45, 2.75) is 32.0 Å². The van der Waals surface area contributed by atoms with Crippen molar-refractivity contribution in [1.29, 1.82) is 0 Å². The summed E-state index contributed by atoms with van der Waals surface area (Å²) in [6, 6.07) is 2.76. The Bertz CT molecular complexity index is 374. The van der Waals surface area contributed by atoms with Gasteiger partial charge in [-0.2, -0.15) is 0 Å². The summed E-state index contributed by atoms with van der Waals surface area (Å²) in [7, 11) is 2.00. The highest BCUT2D eigenvalue weighted by Crippen LogP contribution is 2.20. The Labute approximate surface area is 96.8 Å². The molecule has 0 radical (unpaired) electrons. The van der Waals surface area contributed by atoms with Gasteiger partial charge in [0, 0.05) is 18.2 Å². The number of nitrogens with zero attached hydrogens (tertiary/aromatic N) is 1. The third-order valence-corrected chi connectivity index (χ3v) is 2.77. The highest BCUT2D eigenvalue weighted by atomic mass is 16.3. The number of rotatable bonds is 6. The Balaban J connectivity index is 1.87. The maximum absolute atomic E-state index is 5.48. The third kappa shape index (κ3) is 3.13. The van der Waals surface area contributed by atoms with E-state index in [-0.39, 0.29) is 0 Å². The summed E-state index contributed by atoms with van der Waals surface area (Å²) in [6.07, 6.45) is 9.64. The van der Waals surface area contributed by atoms with Crippen molar-refractivity contribution in [3.05, 3.63) is 23.7 Å². The zero-order chi connectivity index (χ0) is 11.4. The van der Waals surface area contributed by atoms with Crippen LogP contribution in [0.25, 0.3) is 0 Å². The second-order valence-corrected chi connectivity index (χ2v) is 4.40. The Morgan fingerprint density at radius 1 is 1.62 bits per heavy atom. The highest BCUT2D eigenvalue weighted by molar-refractivity contribution is 5.17. The van der Waals surface area contributed by atoms with Crippen molar-refractivity contribution in [3.63, 3.8) is 0 Å². The van der Waals surface area contributed by atoms with Crippen molar-refractivity contribution in [3.8, 4) is 12.3 Å². The predicted octanol–water partition coefficient (Wildman–Crippen LogP) is 1.60. The average molecular weight is 218 g/mol. The molecule has 2 rings (SSSR count). The number of terminal acetylenes is 1. The quantitative estimate of drug-likeness (QED) is 0.735. The molecule has 0 unspecified atom stereocenters. The molecule has 16 heavy (non-hydrogen) atoms. The maximum Gasteiger partial charge on any atom is 0.122 e. The van der Waals surface area contributed by atoms with Crippen molar-refractivity contribution in [2.24, 2.45) is 0 Å². The summed E-state index contributed by atoms with van der Waals surface area (Å²) in [4.78, 5) is 2.07. The van der Waals surface area contributed by atoms with E-state index in [9.17, 15) is 0 Å². The number of furan rings is 1. The van der Waals surface area contributed by atoms with Crippen molar-refractivity contribution in [1.82, 2.24) is 10.2 Å². The fourth-order valence-corrected chi connectivity index (χ4v) is 1.66. The van der Waals surface area contributed by atoms with E-state index < -0.39 is 0 Å². The van der Waals surface area contributed by atoms with E-state index in [0.717, 1.165) is 24.9 Å². The van der Waals surface area contributed by atoms with Gasteiger partial charge in [0.2, 0.25) is 0 Å². The smallest absolute Gasteiger partial charge is 0.122 e. The van der Waals surface area contributed by atoms with Gasteiger partial charge in [0.15, 0.2) is 0 Å². The summed E-state index contributed by atoms with van der Waals surface area (Å²) in [5.74, 6) is 3.65. The maximum atomic E-state index is 5.48. The van der Waals surface area contributed by atoms with Gasteiger partial charge in [0.1, 0.15) is 5.76 Å². The Morgan fingerprint density at radius 3 is 3.12 bits per heavy atom. The zero-order valence-electron chi connectivity index (χ0n) is 9.70. The molecular formula is C13H18N2O. The lowest BCUT2D eigenvalue weighted by molar-refractivity contribution is 0.324. The van der Waals surface area contributed by atoms with Crippen LogP contribution in [0.5, 0.6) is 0 Å². The van der Waals surface area contributed by atoms with E-state index in [0.29, 0.717) is 6.54 Å². The highest BCUT2D eigenvalue weighted by Gasteiger charge is 2.21. The van der Waals surface area contributed by atoms with Crippen LogP contribution in [0.1, 0.15) is 24.2 Å². The first-order valence-corrected chi connectivity index (χ1v) is 5.70. The van der Waals surface area contributed by atoms with Gasteiger partial charge in [-0.1, -0.05) is 5.92 Å². The molecule has 0 atom stereocenters. The summed E-state index contributed by atoms with van der Waals surface area (Å²) >= 11 is 0. The van der Waals surface area contributed by atoms with Gasteiger partial charge >= 0.3 is 0 Å². The molecule has 1 fully saturated rings. The van der Waals surface area contributed by atoms with Crippen LogP contribution in [0.15, 0.2) is 16.7 Å². The second kappa shape index (κ2) is 5.20. The first-order chi connectivity index (χ1) is 7.79. The minimum atomic E-state index is 0.649. The van der Waals surface area contributed by atoms with E-state index in [4.69, 9.17) is 10.8 Å². The normalized spacial score (nSPS) is 15.3. The molecule has 0 aliphatic heterocycles. The monoisotopic (exact) mass is 218 g/mol. The standard InChI is InChI=1S/C13H18N2O/c1-3-7-15(2)10-13-11(6-8-16-13)9-14-12-4-5-12/h1,6,8,12,14H,4-5,7,9-10H2,2H3. The van der Waals surface area contributed by atoms with E-state index in [1.165, 1.54) is 18.4 Å². The molecule has 0 bridgehead atoms. The van der Waals surface area contributed by atoms with Gasteiger partial charge in [0.25, 0.3) is 0 Å². The first-order valence-electron chi connectivity index (χ1n) is 5.70. The lowest BCUT2D eigenvalue weighted by Gasteiger charge is -2.12. The SMILES string of the molecule is C#CCN(C)Cc1occc1CNC1CC1. The number of hydrogen-bond acceptors (Lipinski definition) is 3. The van der Waals surface area contributed by atoms with Gasteiger partial charge in [-0.3, -0.25) is 4.90 Å². The molecule has 3 nitrogen and oxygen atoms in total. The molecule has 1 aromatic heterocycles. The molecule has 0 saturated heterocycles. The molecule has 1 saturated carbocycles. The molecule has 0 aromatic carbocycles. The number of nitrogens with one attached hydrogen (secondary N) is 1. The van der Waals surface area contributed by atoms with Gasteiger partial charge in [0.05, 0.1) is 19.4 Å². The van der Waals surface area contributed by atoms with Gasteiger partial charge in [-0.15, -0.1) is 6.42 Å². The molecular weight excluding hydrogens is 200 g/mol. The van der Waals surface area contributed by atoms with Crippen molar-refractivity contribution in [2.75, 3.05) is 13.6 Å². The molecule has 0 spiro atoms. The van der Waals surface area contributed by atoms with Crippen LogP contribution in [0, 0.1) is 12.3 Å². The molecule has 1 aliphatic rings. The van der Waals surface area contributed by atoms with E-state index in [1.54, 1.807) is 6.26 Å². The van der Waals surface area contributed by atoms with Crippen molar-refractivity contribution >= 4 is 0 Å². The van der Waals surface area contributed by atoms with Gasteiger partial charge in [-0.05, 0) is 26.0 Å². The summed E-state index contributed by atoms with van der Waals surface area (Å²) < 4.78 is 5.48. The molecule has 86 valence electrons. The van der Waals surface area contributed by atoms with Gasteiger partial charge in [-0.25, -0.2) is 0 Å². The van der Waals surface area contributed by atoms with E-state index in [1.807, 2.05) is 13.1 Å². The minimum absolute atomic E-state index is 0.649. The summed E-state index contributed by atoms with van der Waals surface area (Å²) in [5.41, 5.74) is 1.25. The van der Waals surface area contributed by atoms with Crippen LogP contribution in [0.2, 0.25) is 0 Å². The van der Waals surface area contributed by atoms with Crippen LogP contribution < -0.4 is 5.32 Å². The van der Waals surface area contributed by atoms with Crippen LogP contribution in [0.3, 0.4) is 0 Å². The lowest BCUT2D eigenvalue weighted by Crippen LogP contribution is -2.20. The van der Waals surface area contributed by atoms with Crippen LogP contribution >= 0.6 is 0 Å². The average Bonchev–Trinajstić information content (AvgIpc) is 2.98. The zero-order valence-corrected chi connectivity index (χ0v) is 9.70. The molecule has 3 heteroatoms. The molecule has 1 heterocycles. The molecule has 1 aliphatic carbocycles. The molecule has 1 N–H and O–H groups in total. The predicted molar refractivity (Wildman–Crippen MR) is 63.7 cm³/mol. The van der Waals surface area contributed by atoms with Crippen LogP contribution in [-0.4, -0.2) is 24.5 Å². The third-order valence-electron chi connectivity index (χ3n) is 2.77. The Morgan fingerprint density at radius 2 is 2.44 bits per heavy atom. The topological polar surface area (TPSA) is 28.4 Å². The lowest BCUT2D eigenvalue weighted by atomic mass is 10.2. The molecule has 1 aromatic rings. The van der Waals surface area contributed by atoms with Gasteiger partial charge < -0.3 is 9.73 Å². The van der Waals surface area contributed by atoms with Crippen molar-refractivity contribution < 1.29 is 4.42 Å². The Hall–Kier alpha value is -1.24. The van der Waals surface area contributed by atoms with E-state index >= 15 is 0 Å². The largest absolute Gasteiger partial charge is 0.468 e. The first kappa shape index (κ1) is 11.3. The second-order valence-electron chi connectivity index (χ2n) is 4.40. The fraction of sp³-hybridized carbons (Fsp3) is 0.538. The van der Waals surface area contributed by atoms with E-state index in [2.05, 4.69) is 16.1 Å². The Kier molecular flexibility index (Phi) is 3.66. The van der Waals surface area contributed by atoms with Crippen LogP contribution in [-0.2, 0) is 13.1 Å². The fourth-order valence-electron chi connectivity index (χ4n) is 1.66. The summed E-state index contributed by atoms with van der Waals surface area (Å²) in [5, 5.41) is 3.49. The van der Waals surface area contributed by atoms with Crippen LogP contribution in [0.4, 0.5) is 0 Å². The minimum Gasteiger partial charge on any atom is -0.468 e. The molecule has 0 amide bonds. The number of hydrogen-bond donors (Lipinski definition) is 1.